The lowest BCUT2D eigenvalue weighted by molar-refractivity contribution is 0.272. The van der Waals surface area contributed by atoms with Crippen molar-refractivity contribution in [3.63, 3.8) is 0 Å². The van der Waals surface area contributed by atoms with Crippen molar-refractivity contribution in [3.05, 3.63) is 65.4 Å². The van der Waals surface area contributed by atoms with Crippen molar-refractivity contribution < 1.29 is 18.6 Å². The van der Waals surface area contributed by atoms with Gasteiger partial charge in [0.25, 0.3) is 0 Å². The van der Waals surface area contributed by atoms with E-state index in [1.807, 2.05) is 30.3 Å². The third-order valence-electron chi connectivity index (χ3n) is 4.20. The molecular formula is C21H23FN4O3. The molecule has 0 saturated carbocycles. The van der Waals surface area contributed by atoms with Gasteiger partial charge in [-0.1, -0.05) is 18.2 Å². The first-order chi connectivity index (χ1) is 14.1. The zero-order valence-corrected chi connectivity index (χ0v) is 16.1. The zero-order valence-electron chi connectivity index (χ0n) is 16.1. The predicted molar refractivity (Wildman–Crippen MR) is 109 cm³/mol. The lowest BCUT2D eigenvalue weighted by Gasteiger charge is -2.13. The van der Waals surface area contributed by atoms with Crippen LogP contribution in [0, 0.1) is 0 Å². The van der Waals surface area contributed by atoms with Gasteiger partial charge in [0.1, 0.15) is 31.5 Å². The van der Waals surface area contributed by atoms with Crippen LogP contribution in [0.2, 0.25) is 0 Å². The maximum Gasteiger partial charge on any atom is 0.221 e. The second-order valence-electron chi connectivity index (χ2n) is 6.27. The minimum Gasteiger partial charge on any atom is -0.493 e. The molecule has 0 amide bonds. The molecule has 0 unspecified atom stereocenters. The molecule has 0 spiro atoms. The van der Waals surface area contributed by atoms with Crippen LogP contribution in [0.15, 0.2) is 48.7 Å². The van der Waals surface area contributed by atoms with Crippen LogP contribution < -0.4 is 25.7 Å². The summed E-state index contributed by atoms with van der Waals surface area (Å²) in [5.41, 5.74) is 14.2. The number of rotatable bonds is 9. The van der Waals surface area contributed by atoms with Crippen LogP contribution in [0.5, 0.6) is 17.2 Å². The summed E-state index contributed by atoms with van der Waals surface area (Å²) >= 11 is 0. The van der Waals surface area contributed by atoms with Gasteiger partial charge in [0.2, 0.25) is 5.95 Å². The molecule has 1 heterocycles. The van der Waals surface area contributed by atoms with E-state index in [2.05, 4.69) is 9.97 Å². The number of aromatic nitrogens is 2. The van der Waals surface area contributed by atoms with E-state index in [4.69, 9.17) is 25.7 Å². The average molecular weight is 398 g/mol. The van der Waals surface area contributed by atoms with Crippen LogP contribution in [-0.4, -0.2) is 30.4 Å². The number of benzene rings is 2. The van der Waals surface area contributed by atoms with Gasteiger partial charge in [-0.3, -0.25) is 0 Å². The van der Waals surface area contributed by atoms with Crippen molar-refractivity contribution in [1.82, 2.24) is 9.97 Å². The van der Waals surface area contributed by atoms with Crippen molar-refractivity contribution in [2.45, 2.75) is 13.0 Å². The molecule has 0 aliphatic heterocycles. The Morgan fingerprint density at radius 1 is 0.966 bits per heavy atom. The standard InChI is InChI=1S/C21H23FN4O3/c1-27-19-11-15(10-16-12-25-21(24)26-20(16)23)4-7-18(19)29-13-14-2-5-17(6-3-14)28-9-8-22/h2-7,11-12H,8-10,13H2,1H3,(H4,23,24,25,26). The van der Waals surface area contributed by atoms with Crippen molar-refractivity contribution in [2.75, 3.05) is 31.9 Å². The summed E-state index contributed by atoms with van der Waals surface area (Å²) in [5.74, 6) is 2.36. The Morgan fingerprint density at radius 3 is 2.41 bits per heavy atom. The third-order valence-corrected chi connectivity index (χ3v) is 4.20. The van der Waals surface area contributed by atoms with Crippen LogP contribution in [-0.2, 0) is 13.0 Å². The lowest BCUT2D eigenvalue weighted by Crippen LogP contribution is -2.04. The van der Waals surface area contributed by atoms with Crippen molar-refractivity contribution >= 4 is 11.8 Å². The van der Waals surface area contributed by atoms with Crippen LogP contribution >= 0.6 is 0 Å². The summed E-state index contributed by atoms with van der Waals surface area (Å²) in [6.07, 6.45) is 2.17. The fraction of sp³-hybridized carbons (Fsp3) is 0.238. The number of hydrogen-bond acceptors (Lipinski definition) is 7. The number of anilines is 2. The third kappa shape index (κ3) is 5.47. The second-order valence-corrected chi connectivity index (χ2v) is 6.27. The molecule has 0 saturated heterocycles. The molecule has 8 heteroatoms. The summed E-state index contributed by atoms with van der Waals surface area (Å²) in [4.78, 5) is 7.96. The van der Waals surface area contributed by atoms with Gasteiger partial charge in [-0.2, -0.15) is 4.98 Å². The number of nitrogen functional groups attached to an aromatic ring is 2. The highest BCUT2D eigenvalue weighted by Crippen LogP contribution is 2.30. The van der Waals surface area contributed by atoms with Gasteiger partial charge in [-0.15, -0.1) is 0 Å². The quantitative estimate of drug-likeness (QED) is 0.570. The zero-order chi connectivity index (χ0) is 20.6. The summed E-state index contributed by atoms with van der Waals surface area (Å²) in [5, 5.41) is 0. The number of nitrogens with zero attached hydrogens (tertiary/aromatic N) is 2. The molecule has 1 aromatic heterocycles. The van der Waals surface area contributed by atoms with Gasteiger partial charge < -0.3 is 25.7 Å². The Morgan fingerprint density at radius 2 is 1.72 bits per heavy atom. The molecule has 0 radical (unpaired) electrons. The maximum absolute atomic E-state index is 12.1. The second kappa shape index (κ2) is 9.59. The summed E-state index contributed by atoms with van der Waals surface area (Å²) in [6.45, 7) is -0.107. The van der Waals surface area contributed by atoms with Gasteiger partial charge in [-0.25, -0.2) is 9.37 Å². The van der Waals surface area contributed by atoms with E-state index in [-0.39, 0.29) is 12.6 Å². The molecule has 0 atom stereocenters. The minimum atomic E-state index is -0.515. The van der Waals surface area contributed by atoms with E-state index in [0.29, 0.717) is 36.1 Å². The van der Waals surface area contributed by atoms with Gasteiger partial charge >= 0.3 is 0 Å². The number of methoxy groups -OCH3 is 1. The number of hydrogen-bond donors (Lipinski definition) is 2. The van der Waals surface area contributed by atoms with Gasteiger partial charge in [0, 0.05) is 18.2 Å². The van der Waals surface area contributed by atoms with E-state index < -0.39 is 6.67 Å². The summed E-state index contributed by atoms with van der Waals surface area (Å²) < 4.78 is 28.7. The number of nitrogens with two attached hydrogens (primary N) is 2. The highest BCUT2D eigenvalue weighted by Gasteiger charge is 2.09. The van der Waals surface area contributed by atoms with Gasteiger partial charge in [0.15, 0.2) is 11.5 Å². The number of halogens is 1. The van der Waals surface area contributed by atoms with Gasteiger partial charge in [-0.05, 0) is 35.4 Å². The average Bonchev–Trinajstić information content (AvgIpc) is 2.74. The normalized spacial score (nSPS) is 10.6. The topological polar surface area (TPSA) is 106 Å². The Labute approximate surface area is 168 Å². The molecule has 0 bridgehead atoms. The predicted octanol–water partition coefficient (Wildman–Crippen LogP) is 3.17. The first-order valence-electron chi connectivity index (χ1n) is 9.03. The fourth-order valence-corrected chi connectivity index (χ4v) is 2.73. The molecule has 7 nitrogen and oxygen atoms in total. The lowest BCUT2D eigenvalue weighted by atomic mass is 10.1. The van der Waals surface area contributed by atoms with Crippen molar-refractivity contribution in [3.8, 4) is 17.2 Å². The molecular weight excluding hydrogens is 375 g/mol. The molecule has 0 fully saturated rings. The minimum absolute atomic E-state index is 0.0491. The van der Waals surface area contributed by atoms with E-state index in [1.165, 1.54) is 0 Å². The Bertz CT molecular complexity index is 951. The maximum atomic E-state index is 12.1. The smallest absolute Gasteiger partial charge is 0.221 e. The van der Waals surface area contributed by atoms with Crippen LogP contribution in [0.4, 0.5) is 16.2 Å². The molecule has 152 valence electrons. The molecule has 0 aliphatic rings. The molecule has 3 rings (SSSR count). The van der Waals surface area contributed by atoms with Crippen LogP contribution in [0.1, 0.15) is 16.7 Å². The fourth-order valence-electron chi connectivity index (χ4n) is 2.73. The first-order valence-corrected chi connectivity index (χ1v) is 9.03. The molecule has 3 aromatic rings. The molecule has 0 aliphatic carbocycles. The summed E-state index contributed by atoms with van der Waals surface area (Å²) in [6, 6.07) is 13.0. The summed E-state index contributed by atoms with van der Waals surface area (Å²) in [7, 11) is 1.59. The highest BCUT2D eigenvalue weighted by molar-refractivity contribution is 5.48. The van der Waals surface area contributed by atoms with Crippen molar-refractivity contribution in [1.29, 1.82) is 0 Å². The molecule has 2 aromatic carbocycles. The van der Waals surface area contributed by atoms with E-state index in [9.17, 15) is 4.39 Å². The molecule has 29 heavy (non-hydrogen) atoms. The SMILES string of the molecule is COc1cc(Cc2cnc(N)nc2N)ccc1OCc1ccc(OCCF)cc1. The van der Waals surface area contributed by atoms with E-state index in [0.717, 1.165) is 16.7 Å². The van der Waals surface area contributed by atoms with Crippen LogP contribution in [0.3, 0.4) is 0 Å². The van der Waals surface area contributed by atoms with Crippen LogP contribution in [0.25, 0.3) is 0 Å². The monoisotopic (exact) mass is 398 g/mol. The van der Waals surface area contributed by atoms with E-state index >= 15 is 0 Å². The Balaban J connectivity index is 1.65. The number of ether oxygens (including phenoxy) is 3. The largest absolute Gasteiger partial charge is 0.493 e. The van der Waals surface area contributed by atoms with E-state index in [1.54, 1.807) is 25.4 Å². The first kappa shape index (κ1) is 20.2. The van der Waals surface area contributed by atoms with Crippen molar-refractivity contribution in [2.24, 2.45) is 0 Å². The highest BCUT2D eigenvalue weighted by atomic mass is 19.1. The Hall–Kier alpha value is -3.55. The Kier molecular flexibility index (Phi) is 6.67. The van der Waals surface area contributed by atoms with Gasteiger partial charge in [0.05, 0.1) is 7.11 Å². The number of alkyl halides is 1. The molecule has 4 N–H and O–H groups in total.